The number of rotatable bonds is 7. The van der Waals surface area contributed by atoms with Crippen molar-refractivity contribution < 1.29 is 14.3 Å². The summed E-state index contributed by atoms with van der Waals surface area (Å²) in [4.78, 5) is 28.7. The summed E-state index contributed by atoms with van der Waals surface area (Å²) in [5.74, 6) is 0.110. The lowest BCUT2D eigenvalue weighted by atomic mass is 10.1. The molecule has 148 valence electrons. The minimum Gasteiger partial charge on any atom is -0.484 e. The lowest BCUT2D eigenvalue weighted by Crippen LogP contribution is -2.24. The number of aromatic nitrogens is 1. The maximum Gasteiger partial charge on any atom is 0.262 e. The third-order valence-corrected chi connectivity index (χ3v) is 4.41. The van der Waals surface area contributed by atoms with Gasteiger partial charge in [0.2, 0.25) is 0 Å². The van der Waals surface area contributed by atoms with Crippen LogP contribution in [0.15, 0.2) is 66.9 Å². The molecular formula is C23H23N3O3. The fourth-order valence-electron chi connectivity index (χ4n) is 2.66. The zero-order valence-corrected chi connectivity index (χ0v) is 16.4. The first-order valence-electron chi connectivity index (χ1n) is 9.29. The smallest absolute Gasteiger partial charge is 0.262 e. The number of ether oxygens (including phenoxy) is 1. The van der Waals surface area contributed by atoms with E-state index in [9.17, 15) is 9.59 Å². The van der Waals surface area contributed by atoms with Gasteiger partial charge in [-0.3, -0.25) is 14.6 Å². The van der Waals surface area contributed by atoms with Crippen LogP contribution in [0, 0.1) is 13.8 Å². The summed E-state index contributed by atoms with van der Waals surface area (Å²) in [5, 5.41) is 5.56. The van der Waals surface area contributed by atoms with E-state index in [0.717, 1.165) is 11.3 Å². The zero-order valence-electron chi connectivity index (χ0n) is 16.4. The molecule has 2 N–H and O–H groups in total. The summed E-state index contributed by atoms with van der Waals surface area (Å²) in [5.41, 5.74) is 4.03. The Kier molecular flexibility index (Phi) is 6.58. The number of pyridine rings is 1. The van der Waals surface area contributed by atoms with Gasteiger partial charge < -0.3 is 15.4 Å². The van der Waals surface area contributed by atoms with Crippen molar-refractivity contribution in [2.45, 2.75) is 20.4 Å². The standard InChI is InChI=1S/C23H23N3O3/c1-16-9-10-21(12-17(16)2)29-15-22(27)26-19-8-5-6-18(13-19)23(28)25-14-20-7-3-4-11-24-20/h3-13H,14-15H2,1-2H3,(H,25,28)(H,26,27). The summed E-state index contributed by atoms with van der Waals surface area (Å²) in [6.45, 7) is 4.23. The van der Waals surface area contributed by atoms with Crippen LogP contribution in [0.3, 0.4) is 0 Å². The number of hydrogen-bond acceptors (Lipinski definition) is 4. The molecule has 0 saturated carbocycles. The molecule has 0 aliphatic carbocycles. The number of hydrogen-bond donors (Lipinski definition) is 2. The van der Waals surface area contributed by atoms with E-state index in [1.54, 1.807) is 30.5 Å². The molecule has 0 radical (unpaired) electrons. The van der Waals surface area contributed by atoms with Crippen LogP contribution in [0.4, 0.5) is 5.69 Å². The van der Waals surface area contributed by atoms with Crippen molar-refractivity contribution in [2.75, 3.05) is 11.9 Å². The average Bonchev–Trinajstić information content (AvgIpc) is 2.74. The van der Waals surface area contributed by atoms with Crippen molar-refractivity contribution in [3.63, 3.8) is 0 Å². The van der Waals surface area contributed by atoms with E-state index in [-0.39, 0.29) is 18.4 Å². The molecule has 0 unspecified atom stereocenters. The van der Waals surface area contributed by atoms with Crippen molar-refractivity contribution >= 4 is 17.5 Å². The number of nitrogens with one attached hydrogen (secondary N) is 2. The van der Waals surface area contributed by atoms with Gasteiger partial charge in [0.1, 0.15) is 5.75 Å². The van der Waals surface area contributed by atoms with Gasteiger partial charge in [0.05, 0.1) is 12.2 Å². The van der Waals surface area contributed by atoms with Crippen LogP contribution in [0.1, 0.15) is 27.2 Å². The second-order valence-electron chi connectivity index (χ2n) is 6.67. The molecular weight excluding hydrogens is 366 g/mol. The first kappa shape index (κ1) is 20.1. The van der Waals surface area contributed by atoms with E-state index in [4.69, 9.17) is 4.74 Å². The van der Waals surface area contributed by atoms with Crippen LogP contribution in [0.2, 0.25) is 0 Å². The van der Waals surface area contributed by atoms with Crippen LogP contribution in [0.5, 0.6) is 5.75 Å². The van der Waals surface area contributed by atoms with Crippen LogP contribution in [-0.4, -0.2) is 23.4 Å². The number of benzene rings is 2. The Morgan fingerprint density at radius 2 is 1.83 bits per heavy atom. The summed E-state index contributed by atoms with van der Waals surface area (Å²) >= 11 is 0. The molecule has 2 amide bonds. The fraction of sp³-hybridized carbons (Fsp3) is 0.174. The molecule has 0 bridgehead atoms. The largest absolute Gasteiger partial charge is 0.484 e. The summed E-state index contributed by atoms with van der Waals surface area (Å²) < 4.78 is 5.54. The highest BCUT2D eigenvalue weighted by Gasteiger charge is 2.09. The molecule has 1 aromatic heterocycles. The lowest BCUT2D eigenvalue weighted by molar-refractivity contribution is -0.118. The normalized spacial score (nSPS) is 10.3. The van der Waals surface area contributed by atoms with Gasteiger partial charge in [0, 0.05) is 17.4 Å². The van der Waals surface area contributed by atoms with Gasteiger partial charge >= 0.3 is 0 Å². The van der Waals surface area contributed by atoms with E-state index < -0.39 is 0 Å². The predicted molar refractivity (Wildman–Crippen MR) is 112 cm³/mol. The third kappa shape index (κ3) is 5.90. The van der Waals surface area contributed by atoms with E-state index in [2.05, 4.69) is 15.6 Å². The van der Waals surface area contributed by atoms with Gasteiger partial charge in [-0.15, -0.1) is 0 Å². The molecule has 6 heteroatoms. The van der Waals surface area contributed by atoms with Crippen molar-refractivity contribution in [3.05, 3.63) is 89.2 Å². The third-order valence-electron chi connectivity index (χ3n) is 4.41. The Morgan fingerprint density at radius 1 is 0.966 bits per heavy atom. The van der Waals surface area contributed by atoms with E-state index >= 15 is 0 Å². The van der Waals surface area contributed by atoms with Crippen molar-refractivity contribution in [1.82, 2.24) is 10.3 Å². The highest BCUT2D eigenvalue weighted by atomic mass is 16.5. The maximum absolute atomic E-state index is 12.3. The van der Waals surface area contributed by atoms with Gasteiger partial charge in [-0.1, -0.05) is 18.2 Å². The Morgan fingerprint density at radius 3 is 2.59 bits per heavy atom. The van der Waals surface area contributed by atoms with E-state index in [1.807, 2.05) is 50.2 Å². The molecule has 1 heterocycles. The topological polar surface area (TPSA) is 80.3 Å². The van der Waals surface area contributed by atoms with Crippen molar-refractivity contribution in [1.29, 1.82) is 0 Å². The van der Waals surface area contributed by atoms with Gasteiger partial charge in [0.15, 0.2) is 6.61 Å². The van der Waals surface area contributed by atoms with E-state index in [1.165, 1.54) is 5.56 Å². The Labute approximate surface area is 169 Å². The summed E-state index contributed by atoms with van der Waals surface area (Å²) in [7, 11) is 0. The minimum absolute atomic E-state index is 0.112. The molecule has 29 heavy (non-hydrogen) atoms. The number of anilines is 1. The number of carbonyl (C=O) groups excluding carboxylic acids is 2. The number of amides is 2. The van der Waals surface area contributed by atoms with Crippen molar-refractivity contribution in [3.8, 4) is 5.75 Å². The molecule has 0 fully saturated rings. The lowest BCUT2D eigenvalue weighted by Gasteiger charge is -2.10. The second kappa shape index (κ2) is 9.50. The first-order valence-corrected chi connectivity index (χ1v) is 9.29. The molecule has 3 aromatic rings. The summed E-state index contributed by atoms with van der Waals surface area (Å²) in [6.07, 6.45) is 1.68. The van der Waals surface area contributed by atoms with Gasteiger partial charge in [0.25, 0.3) is 11.8 Å². The van der Waals surface area contributed by atoms with Crippen LogP contribution >= 0.6 is 0 Å². The molecule has 0 spiro atoms. The molecule has 0 saturated heterocycles. The van der Waals surface area contributed by atoms with Gasteiger partial charge in [-0.2, -0.15) is 0 Å². The van der Waals surface area contributed by atoms with Crippen LogP contribution in [-0.2, 0) is 11.3 Å². The zero-order chi connectivity index (χ0) is 20.6. The fourth-order valence-corrected chi connectivity index (χ4v) is 2.66. The second-order valence-corrected chi connectivity index (χ2v) is 6.67. The number of aryl methyl sites for hydroxylation is 2. The molecule has 0 aliphatic rings. The van der Waals surface area contributed by atoms with Crippen LogP contribution < -0.4 is 15.4 Å². The SMILES string of the molecule is Cc1ccc(OCC(=O)Nc2cccc(C(=O)NCc3ccccn3)c2)cc1C. The Balaban J connectivity index is 1.53. The quantitative estimate of drug-likeness (QED) is 0.646. The highest BCUT2D eigenvalue weighted by Crippen LogP contribution is 2.16. The Bertz CT molecular complexity index is 1000. The molecule has 2 aromatic carbocycles. The average molecular weight is 389 g/mol. The first-order chi connectivity index (χ1) is 14.0. The predicted octanol–water partition coefficient (Wildman–Crippen LogP) is 3.65. The van der Waals surface area contributed by atoms with Crippen molar-refractivity contribution in [2.24, 2.45) is 0 Å². The highest BCUT2D eigenvalue weighted by molar-refractivity contribution is 5.97. The minimum atomic E-state index is -0.297. The van der Waals surface area contributed by atoms with Gasteiger partial charge in [-0.05, 0) is 67.4 Å². The van der Waals surface area contributed by atoms with Gasteiger partial charge in [-0.25, -0.2) is 0 Å². The molecule has 0 atom stereocenters. The molecule has 0 aliphatic heterocycles. The van der Waals surface area contributed by atoms with Crippen LogP contribution in [0.25, 0.3) is 0 Å². The maximum atomic E-state index is 12.3. The number of carbonyl (C=O) groups is 2. The summed E-state index contributed by atoms with van der Waals surface area (Å²) in [6, 6.07) is 18.0. The Hall–Kier alpha value is -3.67. The molecule has 3 rings (SSSR count). The molecule has 6 nitrogen and oxygen atoms in total. The monoisotopic (exact) mass is 389 g/mol. The van der Waals surface area contributed by atoms with E-state index in [0.29, 0.717) is 23.5 Å². The number of nitrogens with zero attached hydrogens (tertiary/aromatic N) is 1.